The zero-order valence-electron chi connectivity index (χ0n) is 29.0. The Morgan fingerprint density at radius 2 is 1.71 bits per heavy atom. The Morgan fingerprint density at radius 3 is 2.24 bits per heavy atom. The number of benzene rings is 1. The van der Waals surface area contributed by atoms with Gasteiger partial charge in [-0.3, -0.25) is 24.5 Å². The summed E-state index contributed by atoms with van der Waals surface area (Å²) in [6.45, 7) is 25.2. The molecule has 0 bridgehead atoms. The number of hydrogen-bond acceptors (Lipinski definition) is 8. The van der Waals surface area contributed by atoms with Crippen molar-refractivity contribution in [2.45, 2.75) is 128 Å². The van der Waals surface area contributed by atoms with Crippen LogP contribution in [0.25, 0.3) is 0 Å². The molecule has 0 unspecified atom stereocenters. The quantitative estimate of drug-likeness (QED) is 0.159. The van der Waals surface area contributed by atoms with E-state index < -0.39 is 56.2 Å². The number of nitrogens with zero attached hydrogens (tertiary/aromatic N) is 2. The van der Waals surface area contributed by atoms with Gasteiger partial charge in [0.1, 0.15) is 12.3 Å². The molecule has 2 aromatic rings. The zero-order valence-corrected chi connectivity index (χ0v) is 31.0. The van der Waals surface area contributed by atoms with Gasteiger partial charge in [-0.25, -0.2) is 4.79 Å². The second kappa shape index (κ2) is 13.0. The fraction of sp³-hybridized carbons (Fsp3) is 0.688. The summed E-state index contributed by atoms with van der Waals surface area (Å²) in [7, 11) is -4.70. The summed E-state index contributed by atoms with van der Waals surface area (Å²) in [6, 6.07) is 6.37. The highest BCUT2D eigenvalue weighted by molar-refractivity contribution is 6.83. The van der Waals surface area contributed by atoms with Gasteiger partial charge in [-0.1, -0.05) is 80.6 Å². The smallest absolute Gasteiger partial charge is 0.330 e. The first-order valence-electron chi connectivity index (χ1n) is 15.7. The van der Waals surface area contributed by atoms with E-state index in [0.29, 0.717) is 5.56 Å². The van der Waals surface area contributed by atoms with E-state index in [2.05, 4.69) is 72.7 Å². The molecule has 1 fully saturated rings. The van der Waals surface area contributed by atoms with Crippen molar-refractivity contribution in [2.24, 2.45) is 5.92 Å². The summed E-state index contributed by atoms with van der Waals surface area (Å²) in [5.74, 6) is -0.143. The number of rotatable bonds is 11. The van der Waals surface area contributed by atoms with Gasteiger partial charge in [0.15, 0.2) is 8.32 Å². The number of aliphatic hydroxyl groups is 1. The number of nitro groups is 1. The van der Waals surface area contributed by atoms with Crippen molar-refractivity contribution in [1.82, 2.24) is 9.55 Å². The van der Waals surface area contributed by atoms with E-state index in [1.807, 2.05) is 13.8 Å². The minimum absolute atomic E-state index is 0.0428. The zero-order chi connectivity index (χ0) is 34.3. The molecule has 0 saturated carbocycles. The van der Waals surface area contributed by atoms with Crippen molar-refractivity contribution in [3.05, 3.63) is 72.5 Å². The van der Waals surface area contributed by atoms with E-state index >= 15 is 0 Å². The molecule has 3 rings (SSSR count). The highest BCUT2D eigenvalue weighted by Crippen LogP contribution is 2.51. The van der Waals surface area contributed by atoms with Crippen LogP contribution in [-0.4, -0.2) is 53.9 Å². The summed E-state index contributed by atoms with van der Waals surface area (Å²) in [5, 5.41) is 22.7. The topological polar surface area (TPSA) is 146 Å². The lowest BCUT2D eigenvalue weighted by Crippen LogP contribution is -2.65. The van der Waals surface area contributed by atoms with Crippen LogP contribution in [0.15, 0.2) is 40.1 Å². The molecule has 2 heterocycles. The number of aromatic nitrogens is 2. The molecular weight excluding hydrogens is 611 g/mol. The predicted molar refractivity (Wildman–Crippen MR) is 181 cm³/mol. The molecule has 1 saturated heterocycles. The Labute approximate surface area is 268 Å². The van der Waals surface area contributed by atoms with Crippen molar-refractivity contribution < 1.29 is 23.9 Å². The van der Waals surface area contributed by atoms with E-state index in [4.69, 9.17) is 13.9 Å². The molecule has 0 radical (unpaired) electrons. The number of aromatic amines is 1. The fourth-order valence-electron chi connectivity index (χ4n) is 5.46. The maximum Gasteiger partial charge on any atom is 0.330 e. The standard InChI is InChI=1S/C32H53N3O8Si2/c1-21(2)27(23-15-13-14-16-24(23)35(39)40)41-19-22-18-34(29(37)33-28(22)36)26-17-32(38,44(9,10)30(3,4)5)25(43-26)20-42-45(11,12)31(6,7)8/h13-16,18,21,25-27,38H,17,19-20H2,1-12H3,(H,33,36,37)/t25-,26-,27+,32-/m1/s1. The van der Waals surface area contributed by atoms with Crippen LogP contribution >= 0.6 is 0 Å². The van der Waals surface area contributed by atoms with Gasteiger partial charge in [-0.15, -0.1) is 0 Å². The molecule has 45 heavy (non-hydrogen) atoms. The van der Waals surface area contributed by atoms with Crippen LogP contribution in [0.3, 0.4) is 0 Å². The molecule has 13 heteroatoms. The molecule has 2 N–H and O–H groups in total. The van der Waals surface area contributed by atoms with Crippen molar-refractivity contribution >= 4 is 22.1 Å². The minimum atomic E-state index is -2.51. The van der Waals surface area contributed by atoms with Gasteiger partial charge in [0.2, 0.25) is 0 Å². The van der Waals surface area contributed by atoms with Gasteiger partial charge in [0.25, 0.3) is 11.2 Å². The average molecular weight is 664 g/mol. The molecule has 4 atom stereocenters. The lowest BCUT2D eigenvalue weighted by Gasteiger charge is -2.49. The number of para-hydroxylation sites is 1. The number of H-pyrrole nitrogens is 1. The Morgan fingerprint density at radius 1 is 1.11 bits per heavy atom. The fourth-order valence-corrected chi connectivity index (χ4v) is 9.40. The monoisotopic (exact) mass is 663 g/mol. The maximum atomic E-state index is 13.2. The van der Waals surface area contributed by atoms with Gasteiger partial charge in [0, 0.05) is 18.7 Å². The lowest BCUT2D eigenvalue weighted by molar-refractivity contribution is -0.386. The minimum Gasteiger partial charge on any atom is -0.414 e. The molecule has 252 valence electrons. The van der Waals surface area contributed by atoms with Crippen LogP contribution in [0.5, 0.6) is 0 Å². The second-order valence-corrected chi connectivity index (χ2v) is 26.2. The number of ether oxygens (including phenoxy) is 2. The SMILES string of the molecule is CC(C)[C@H](OCc1cn([C@H]2C[C@@](O)([Si](C)(C)C(C)(C)C)[C@@H](CO[Si](C)(C)C(C)(C)C)O2)c(=O)[nH]c1=O)c1ccccc1[N+](=O)[O-]. The molecular formula is C32H53N3O8Si2. The summed E-state index contributed by atoms with van der Waals surface area (Å²) < 4.78 is 20.5. The molecule has 1 aromatic carbocycles. The van der Waals surface area contributed by atoms with Crippen LogP contribution in [0.4, 0.5) is 5.69 Å². The summed E-state index contributed by atoms with van der Waals surface area (Å²) in [6.07, 6.45) is -0.622. The summed E-state index contributed by atoms with van der Waals surface area (Å²) in [4.78, 5) is 39.7. The lowest BCUT2D eigenvalue weighted by atomic mass is 9.97. The van der Waals surface area contributed by atoms with Gasteiger partial charge < -0.3 is 19.0 Å². The molecule has 0 amide bonds. The van der Waals surface area contributed by atoms with E-state index in [-0.39, 0.29) is 46.9 Å². The molecule has 11 nitrogen and oxygen atoms in total. The molecule has 0 aliphatic carbocycles. The average Bonchev–Trinajstić information content (AvgIpc) is 3.25. The number of nitro benzene ring substituents is 1. The van der Waals surface area contributed by atoms with E-state index in [1.54, 1.807) is 18.2 Å². The maximum absolute atomic E-state index is 13.2. The highest BCUT2D eigenvalue weighted by Gasteiger charge is 2.62. The third-order valence-corrected chi connectivity index (χ3v) is 21.5. The summed E-state index contributed by atoms with van der Waals surface area (Å²) in [5.41, 5.74) is -0.761. The third-order valence-electron chi connectivity index (χ3n) is 10.5. The van der Waals surface area contributed by atoms with E-state index in [0.717, 1.165) is 0 Å². The van der Waals surface area contributed by atoms with Crippen molar-refractivity contribution in [1.29, 1.82) is 0 Å². The van der Waals surface area contributed by atoms with Gasteiger partial charge in [-0.2, -0.15) is 0 Å². The van der Waals surface area contributed by atoms with Crippen LogP contribution in [-0.2, 0) is 20.5 Å². The van der Waals surface area contributed by atoms with E-state index in [9.17, 15) is 24.8 Å². The highest BCUT2D eigenvalue weighted by atomic mass is 28.4. The van der Waals surface area contributed by atoms with E-state index in [1.165, 1.54) is 16.8 Å². The van der Waals surface area contributed by atoms with Crippen LogP contribution in [0, 0.1) is 16.0 Å². The number of nitrogens with one attached hydrogen (secondary N) is 1. The van der Waals surface area contributed by atoms with Crippen LogP contribution in [0.2, 0.25) is 36.3 Å². The summed E-state index contributed by atoms with van der Waals surface area (Å²) >= 11 is 0. The predicted octanol–water partition coefficient (Wildman–Crippen LogP) is 6.45. The van der Waals surface area contributed by atoms with Crippen LogP contribution in [0.1, 0.15) is 85.3 Å². The first-order valence-corrected chi connectivity index (χ1v) is 21.6. The Hall–Kier alpha value is -2.43. The number of hydrogen-bond donors (Lipinski definition) is 2. The Kier molecular flexibility index (Phi) is 10.7. The van der Waals surface area contributed by atoms with Gasteiger partial charge >= 0.3 is 5.69 Å². The molecule has 1 aromatic heterocycles. The Bertz CT molecular complexity index is 1490. The van der Waals surface area contributed by atoms with Crippen molar-refractivity contribution in [3.8, 4) is 0 Å². The van der Waals surface area contributed by atoms with Crippen molar-refractivity contribution in [3.63, 3.8) is 0 Å². The molecule has 1 aliphatic rings. The van der Waals surface area contributed by atoms with Crippen molar-refractivity contribution in [2.75, 3.05) is 6.61 Å². The first kappa shape index (κ1) is 37.0. The van der Waals surface area contributed by atoms with Crippen LogP contribution < -0.4 is 11.2 Å². The third kappa shape index (κ3) is 7.44. The first-order chi connectivity index (χ1) is 20.4. The second-order valence-electron chi connectivity index (χ2n) is 15.8. The normalized spacial score (nSPS) is 22.2. The Balaban J connectivity index is 1.99. The largest absolute Gasteiger partial charge is 0.414 e. The van der Waals surface area contributed by atoms with Gasteiger partial charge in [0.05, 0.1) is 48.7 Å². The van der Waals surface area contributed by atoms with Gasteiger partial charge in [-0.05, 0) is 35.2 Å². The molecule has 1 aliphatic heterocycles. The molecule has 0 spiro atoms.